The lowest BCUT2D eigenvalue weighted by molar-refractivity contribution is -0.132. The SMILES string of the molecule is CC(CC(=O)N(Cc1c(F)cccc1Cl)C1CC1)c1ccccc1. The Hall–Kier alpha value is -1.87. The van der Waals surface area contributed by atoms with E-state index in [1.165, 1.54) is 6.07 Å². The number of carbonyl (C=O) groups excluding carboxylic acids is 1. The minimum absolute atomic E-state index is 0.0631. The molecule has 0 bridgehead atoms. The summed E-state index contributed by atoms with van der Waals surface area (Å²) in [6.45, 7) is 2.30. The highest BCUT2D eigenvalue weighted by Crippen LogP contribution is 2.32. The Labute approximate surface area is 147 Å². The lowest BCUT2D eigenvalue weighted by Gasteiger charge is -2.25. The van der Waals surface area contributed by atoms with Crippen molar-refractivity contribution in [2.24, 2.45) is 0 Å². The highest BCUT2D eigenvalue weighted by atomic mass is 35.5. The predicted octanol–water partition coefficient (Wildman–Crippen LogP) is 5.16. The summed E-state index contributed by atoms with van der Waals surface area (Å²) in [4.78, 5) is 14.6. The van der Waals surface area contributed by atoms with E-state index in [4.69, 9.17) is 11.6 Å². The molecule has 1 saturated carbocycles. The van der Waals surface area contributed by atoms with Gasteiger partial charge in [0.2, 0.25) is 5.91 Å². The Morgan fingerprint density at radius 3 is 2.54 bits per heavy atom. The lowest BCUT2D eigenvalue weighted by Crippen LogP contribution is -2.33. The topological polar surface area (TPSA) is 20.3 Å². The maximum absolute atomic E-state index is 14.1. The zero-order chi connectivity index (χ0) is 17.1. The van der Waals surface area contributed by atoms with Crippen LogP contribution < -0.4 is 0 Å². The number of benzene rings is 2. The molecule has 1 aliphatic rings. The van der Waals surface area contributed by atoms with Crippen molar-refractivity contribution in [2.45, 2.75) is 44.7 Å². The molecule has 0 saturated heterocycles. The number of amides is 1. The van der Waals surface area contributed by atoms with Crippen LogP contribution in [-0.4, -0.2) is 16.8 Å². The standard InChI is InChI=1S/C20H21ClFNO/c1-14(15-6-3-2-4-7-15)12-20(24)23(16-10-11-16)13-17-18(21)8-5-9-19(17)22/h2-9,14,16H,10-13H2,1H3. The van der Waals surface area contributed by atoms with E-state index in [0.29, 0.717) is 17.0 Å². The van der Waals surface area contributed by atoms with Gasteiger partial charge in [-0.05, 0) is 36.5 Å². The molecule has 0 heterocycles. The molecule has 0 aliphatic heterocycles. The third-order valence-electron chi connectivity index (χ3n) is 4.55. The van der Waals surface area contributed by atoms with Crippen LogP contribution in [0.4, 0.5) is 4.39 Å². The second-order valence-corrected chi connectivity index (χ2v) is 6.88. The van der Waals surface area contributed by atoms with E-state index in [2.05, 4.69) is 0 Å². The molecule has 126 valence electrons. The van der Waals surface area contributed by atoms with Crippen LogP contribution in [0.5, 0.6) is 0 Å². The molecule has 0 aromatic heterocycles. The number of hydrogen-bond donors (Lipinski definition) is 0. The fraction of sp³-hybridized carbons (Fsp3) is 0.350. The van der Waals surface area contributed by atoms with E-state index in [-0.39, 0.29) is 30.2 Å². The van der Waals surface area contributed by atoms with Gasteiger partial charge in [0.15, 0.2) is 0 Å². The van der Waals surface area contributed by atoms with Gasteiger partial charge in [0.1, 0.15) is 5.82 Å². The molecule has 1 unspecified atom stereocenters. The van der Waals surface area contributed by atoms with Crippen LogP contribution in [0.25, 0.3) is 0 Å². The van der Waals surface area contributed by atoms with Crippen LogP contribution in [0.2, 0.25) is 5.02 Å². The summed E-state index contributed by atoms with van der Waals surface area (Å²) in [6, 6.07) is 14.9. The van der Waals surface area contributed by atoms with Crippen molar-refractivity contribution in [1.82, 2.24) is 4.90 Å². The van der Waals surface area contributed by atoms with Crippen molar-refractivity contribution in [3.05, 3.63) is 70.5 Å². The first-order valence-corrected chi connectivity index (χ1v) is 8.71. The van der Waals surface area contributed by atoms with Gasteiger partial charge in [0, 0.05) is 23.0 Å². The van der Waals surface area contributed by atoms with E-state index < -0.39 is 0 Å². The zero-order valence-corrected chi connectivity index (χ0v) is 14.5. The molecule has 3 rings (SSSR count). The maximum Gasteiger partial charge on any atom is 0.223 e. The van der Waals surface area contributed by atoms with Crippen molar-refractivity contribution in [3.8, 4) is 0 Å². The van der Waals surface area contributed by atoms with E-state index in [1.807, 2.05) is 37.3 Å². The highest BCUT2D eigenvalue weighted by Gasteiger charge is 2.33. The molecule has 0 radical (unpaired) electrons. The van der Waals surface area contributed by atoms with Crippen molar-refractivity contribution in [3.63, 3.8) is 0 Å². The van der Waals surface area contributed by atoms with E-state index in [1.54, 1.807) is 17.0 Å². The molecule has 2 aromatic carbocycles. The summed E-state index contributed by atoms with van der Waals surface area (Å²) in [5.41, 5.74) is 1.55. The van der Waals surface area contributed by atoms with Crippen LogP contribution in [0.3, 0.4) is 0 Å². The van der Waals surface area contributed by atoms with Gasteiger partial charge in [-0.2, -0.15) is 0 Å². The van der Waals surface area contributed by atoms with Gasteiger partial charge in [0.25, 0.3) is 0 Å². The Kier molecular flexibility index (Phi) is 5.20. The second kappa shape index (κ2) is 7.35. The molecule has 1 atom stereocenters. The summed E-state index contributed by atoms with van der Waals surface area (Å²) in [7, 11) is 0. The Bertz CT molecular complexity index is 695. The van der Waals surface area contributed by atoms with Crippen LogP contribution >= 0.6 is 11.6 Å². The number of carbonyl (C=O) groups is 1. The van der Waals surface area contributed by atoms with Gasteiger partial charge >= 0.3 is 0 Å². The molecule has 1 fully saturated rings. The molecule has 2 aromatic rings. The number of nitrogens with zero attached hydrogens (tertiary/aromatic N) is 1. The maximum atomic E-state index is 14.1. The Balaban J connectivity index is 1.73. The molecular weight excluding hydrogens is 325 g/mol. The van der Waals surface area contributed by atoms with Crippen molar-refractivity contribution >= 4 is 17.5 Å². The van der Waals surface area contributed by atoms with Gasteiger partial charge in [0.05, 0.1) is 6.54 Å². The van der Waals surface area contributed by atoms with Crippen LogP contribution in [0, 0.1) is 5.82 Å². The van der Waals surface area contributed by atoms with Gasteiger partial charge in [-0.1, -0.05) is 54.9 Å². The van der Waals surface area contributed by atoms with Crippen LogP contribution in [0.15, 0.2) is 48.5 Å². The van der Waals surface area contributed by atoms with E-state index >= 15 is 0 Å². The summed E-state index contributed by atoms with van der Waals surface area (Å²) >= 11 is 6.13. The van der Waals surface area contributed by atoms with Crippen LogP contribution in [-0.2, 0) is 11.3 Å². The van der Waals surface area contributed by atoms with Crippen LogP contribution in [0.1, 0.15) is 43.2 Å². The molecular formula is C20H21ClFNO. The minimum Gasteiger partial charge on any atom is -0.335 e. The van der Waals surface area contributed by atoms with Gasteiger partial charge in [-0.3, -0.25) is 4.79 Å². The second-order valence-electron chi connectivity index (χ2n) is 6.47. The first kappa shape index (κ1) is 17.0. The Morgan fingerprint density at radius 1 is 1.21 bits per heavy atom. The number of halogens is 2. The van der Waals surface area contributed by atoms with Crippen molar-refractivity contribution < 1.29 is 9.18 Å². The number of hydrogen-bond acceptors (Lipinski definition) is 1. The average molecular weight is 346 g/mol. The molecule has 2 nitrogen and oxygen atoms in total. The third kappa shape index (κ3) is 3.96. The molecule has 1 amide bonds. The highest BCUT2D eigenvalue weighted by molar-refractivity contribution is 6.31. The fourth-order valence-electron chi connectivity index (χ4n) is 2.94. The lowest BCUT2D eigenvalue weighted by atomic mass is 9.97. The average Bonchev–Trinajstić information content (AvgIpc) is 3.40. The zero-order valence-electron chi connectivity index (χ0n) is 13.7. The van der Waals surface area contributed by atoms with Crippen molar-refractivity contribution in [2.75, 3.05) is 0 Å². The molecule has 0 N–H and O–H groups in total. The normalized spacial score (nSPS) is 15.1. The summed E-state index contributed by atoms with van der Waals surface area (Å²) < 4.78 is 14.1. The first-order valence-electron chi connectivity index (χ1n) is 8.33. The van der Waals surface area contributed by atoms with Crippen molar-refractivity contribution in [1.29, 1.82) is 0 Å². The minimum atomic E-state index is -0.350. The van der Waals surface area contributed by atoms with E-state index in [0.717, 1.165) is 18.4 Å². The number of rotatable bonds is 6. The monoisotopic (exact) mass is 345 g/mol. The summed E-state index contributed by atoms with van der Waals surface area (Å²) in [5, 5.41) is 0.379. The van der Waals surface area contributed by atoms with Gasteiger partial charge in [-0.25, -0.2) is 4.39 Å². The Morgan fingerprint density at radius 2 is 1.92 bits per heavy atom. The quantitative estimate of drug-likeness (QED) is 0.707. The fourth-order valence-corrected chi connectivity index (χ4v) is 3.16. The smallest absolute Gasteiger partial charge is 0.223 e. The molecule has 1 aliphatic carbocycles. The van der Waals surface area contributed by atoms with Gasteiger partial charge < -0.3 is 4.90 Å². The largest absolute Gasteiger partial charge is 0.335 e. The third-order valence-corrected chi connectivity index (χ3v) is 4.90. The first-order chi connectivity index (χ1) is 11.6. The molecule has 24 heavy (non-hydrogen) atoms. The molecule has 0 spiro atoms. The van der Waals surface area contributed by atoms with E-state index in [9.17, 15) is 9.18 Å². The predicted molar refractivity (Wildman–Crippen MR) is 94.5 cm³/mol. The van der Waals surface area contributed by atoms with Gasteiger partial charge in [-0.15, -0.1) is 0 Å². The molecule has 4 heteroatoms. The summed E-state index contributed by atoms with van der Waals surface area (Å²) in [5.74, 6) is -0.152. The summed E-state index contributed by atoms with van der Waals surface area (Å²) in [6.07, 6.45) is 2.39.